The smallest absolute Gasteiger partial charge is 0.259 e. The van der Waals surface area contributed by atoms with Crippen LogP contribution < -0.4 is 20.1 Å². The predicted molar refractivity (Wildman–Crippen MR) is 157 cm³/mol. The molecule has 3 heterocycles. The largest absolute Gasteiger partial charge is 0.496 e. The van der Waals surface area contributed by atoms with E-state index in [9.17, 15) is 14.4 Å². The fourth-order valence-electron chi connectivity index (χ4n) is 5.83. The van der Waals surface area contributed by atoms with Crippen molar-refractivity contribution in [2.24, 2.45) is 5.41 Å². The van der Waals surface area contributed by atoms with E-state index in [2.05, 4.69) is 15.8 Å². The lowest BCUT2D eigenvalue weighted by Crippen LogP contribution is -2.52. The second-order valence-electron chi connectivity index (χ2n) is 11.1. The number of hydrogen-bond acceptors (Lipinski definition) is 7. The summed E-state index contributed by atoms with van der Waals surface area (Å²) < 4.78 is 16.9. The highest BCUT2D eigenvalue weighted by molar-refractivity contribution is 6.01. The molecular weight excluding hydrogens is 536 g/mol. The van der Waals surface area contributed by atoms with E-state index >= 15 is 0 Å². The molecule has 1 saturated heterocycles. The fourth-order valence-corrected chi connectivity index (χ4v) is 5.83. The third kappa shape index (κ3) is 5.98. The number of carbonyl (C=O) groups excluding carboxylic acids is 3. The maximum Gasteiger partial charge on any atom is 0.259 e. The van der Waals surface area contributed by atoms with Crippen LogP contribution in [0.15, 0.2) is 53.1 Å². The summed E-state index contributed by atoms with van der Waals surface area (Å²) in [6, 6.07) is 14.3. The van der Waals surface area contributed by atoms with Crippen LogP contribution in [0, 0.1) is 12.3 Å². The normalized spacial score (nSPS) is 19.6. The molecule has 1 fully saturated rings. The molecule has 1 spiro atoms. The molecule has 10 heteroatoms. The molecule has 0 aliphatic carbocycles. The molecule has 1 atom stereocenters. The molecule has 3 aromatic rings. The van der Waals surface area contributed by atoms with Crippen LogP contribution in [-0.4, -0.2) is 67.2 Å². The van der Waals surface area contributed by atoms with Gasteiger partial charge in [-0.2, -0.15) is 0 Å². The highest BCUT2D eigenvalue weighted by Crippen LogP contribution is 2.39. The van der Waals surface area contributed by atoms with E-state index in [4.69, 9.17) is 14.0 Å². The predicted octanol–water partition coefficient (Wildman–Crippen LogP) is 4.38. The van der Waals surface area contributed by atoms with Gasteiger partial charge in [0.15, 0.2) is 0 Å². The van der Waals surface area contributed by atoms with Gasteiger partial charge in [0, 0.05) is 25.2 Å². The van der Waals surface area contributed by atoms with E-state index in [1.54, 1.807) is 37.1 Å². The second kappa shape index (κ2) is 12.7. The Morgan fingerprint density at radius 3 is 2.50 bits per heavy atom. The van der Waals surface area contributed by atoms with Gasteiger partial charge in [0.25, 0.3) is 11.8 Å². The maximum atomic E-state index is 13.8. The molecule has 2 N–H and O–H groups in total. The minimum atomic E-state index is -0.619. The molecular formula is C32H38N4O6. The van der Waals surface area contributed by atoms with Crippen LogP contribution in [0.1, 0.15) is 65.5 Å². The van der Waals surface area contributed by atoms with E-state index in [1.165, 1.54) is 0 Å². The fraction of sp³-hybridized carbons (Fsp3) is 0.438. The van der Waals surface area contributed by atoms with Gasteiger partial charge in [-0.3, -0.25) is 14.4 Å². The summed E-state index contributed by atoms with van der Waals surface area (Å²) in [5.74, 6) is 1.18. The third-order valence-corrected chi connectivity index (χ3v) is 8.29. The SMILES string of the molecule is COc1ccccc1-c1noc(C)c1C(=O)N1CCC2(CCCCNC(=O)c3ccccc3OC[C@@H](C)NC2=O)CC1. The Morgan fingerprint density at radius 1 is 1.02 bits per heavy atom. The number of para-hydroxylation sites is 2. The zero-order chi connectivity index (χ0) is 29.7. The summed E-state index contributed by atoms with van der Waals surface area (Å²) in [7, 11) is 1.58. The summed E-state index contributed by atoms with van der Waals surface area (Å²) in [6.45, 7) is 5.22. The van der Waals surface area contributed by atoms with Gasteiger partial charge in [-0.15, -0.1) is 0 Å². The number of aryl methyl sites for hydroxylation is 1. The Balaban J connectivity index is 1.31. The Labute approximate surface area is 245 Å². The lowest BCUT2D eigenvalue weighted by molar-refractivity contribution is -0.135. The van der Waals surface area contributed by atoms with Gasteiger partial charge in [0.1, 0.15) is 35.1 Å². The van der Waals surface area contributed by atoms with Crippen molar-refractivity contribution in [1.82, 2.24) is 20.7 Å². The molecule has 2 aliphatic rings. The van der Waals surface area contributed by atoms with E-state index in [-0.39, 0.29) is 30.4 Å². The van der Waals surface area contributed by atoms with E-state index in [1.807, 2.05) is 37.3 Å². The standard InChI is InChI=1S/C32H38N4O6/c1-21-20-41-26-13-7-5-11-24(26)29(37)33-17-9-8-14-32(31(39)34-21)15-18-36(19-16-32)30(38)27-22(2)42-35-28(27)23-10-4-6-12-25(23)40-3/h4-7,10-13,21H,8-9,14-20H2,1-3H3,(H,33,37)(H,34,39)/t21-/m1/s1. The first kappa shape index (κ1) is 29.2. The quantitative estimate of drug-likeness (QED) is 0.476. The van der Waals surface area contributed by atoms with Gasteiger partial charge in [-0.25, -0.2) is 0 Å². The molecule has 0 bridgehead atoms. The van der Waals surface area contributed by atoms with Crippen LogP contribution in [0.25, 0.3) is 11.3 Å². The van der Waals surface area contributed by atoms with Crippen molar-refractivity contribution in [3.05, 3.63) is 65.4 Å². The van der Waals surface area contributed by atoms with Crippen molar-refractivity contribution in [1.29, 1.82) is 0 Å². The van der Waals surface area contributed by atoms with Crippen LogP contribution in [-0.2, 0) is 4.79 Å². The average Bonchev–Trinajstić information content (AvgIpc) is 3.40. The first-order valence-corrected chi connectivity index (χ1v) is 14.5. The zero-order valence-corrected chi connectivity index (χ0v) is 24.4. The Morgan fingerprint density at radius 2 is 1.74 bits per heavy atom. The molecule has 2 aromatic carbocycles. The van der Waals surface area contributed by atoms with Crippen molar-refractivity contribution in [3.63, 3.8) is 0 Å². The van der Waals surface area contributed by atoms with Gasteiger partial charge in [0.05, 0.1) is 24.1 Å². The number of hydrogen-bond donors (Lipinski definition) is 2. The topological polar surface area (TPSA) is 123 Å². The number of nitrogens with zero attached hydrogens (tertiary/aromatic N) is 2. The zero-order valence-electron chi connectivity index (χ0n) is 24.4. The number of benzene rings is 2. The third-order valence-electron chi connectivity index (χ3n) is 8.29. The van der Waals surface area contributed by atoms with E-state index < -0.39 is 5.41 Å². The highest BCUT2D eigenvalue weighted by Gasteiger charge is 2.43. The molecule has 10 nitrogen and oxygen atoms in total. The first-order chi connectivity index (χ1) is 20.3. The minimum absolute atomic E-state index is 0.0176. The van der Waals surface area contributed by atoms with Crippen LogP contribution in [0.4, 0.5) is 0 Å². The molecule has 0 saturated carbocycles. The summed E-state index contributed by atoms with van der Waals surface area (Å²) in [6.07, 6.45) is 3.24. The summed E-state index contributed by atoms with van der Waals surface area (Å²) in [5, 5.41) is 10.3. The van der Waals surface area contributed by atoms with Gasteiger partial charge >= 0.3 is 0 Å². The van der Waals surface area contributed by atoms with Crippen molar-refractivity contribution < 1.29 is 28.4 Å². The van der Waals surface area contributed by atoms with Gasteiger partial charge < -0.3 is 29.5 Å². The summed E-state index contributed by atoms with van der Waals surface area (Å²) >= 11 is 0. The number of likely N-dealkylation sites (tertiary alicyclic amines) is 1. The summed E-state index contributed by atoms with van der Waals surface area (Å²) in [5.41, 5.74) is 1.41. The minimum Gasteiger partial charge on any atom is -0.496 e. The van der Waals surface area contributed by atoms with Crippen LogP contribution in [0.2, 0.25) is 0 Å². The lowest BCUT2D eigenvalue weighted by Gasteiger charge is -2.41. The van der Waals surface area contributed by atoms with E-state index in [0.717, 1.165) is 12.8 Å². The van der Waals surface area contributed by atoms with Crippen molar-refractivity contribution >= 4 is 17.7 Å². The number of rotatable bonds is 3. The number of ether oxygens (including phenoxy) is 2. The van der Waals surface area contributed by atoms with E-state index in [0.29, 0.717) is 78.5 Å². The molecule has 0 unspecified atom stereocenters. The first-order valence-electron chi connectivity index (χ1n) is 14.5. The van der Waals surface area contributed by atoms with Crippen LogP contribution in [0.5, 0.6) is 11.5 Å². The molecule has 222 valence electrons. The average molecular weight is 575 g/mol. The number of fused-ring (bicyclic) bond motifs is 1. The van der Waals surface area contributed by atoms with Crippen LogP contribution in [0.3, 0.4) is 0 Å². The number of carbonyl (C=O) groups is 3. The Hall–Kier alpha value is -4.34. The monoisotopic (exact) mass is 574 g/mol. The van der Waals surface area contributed by atoms with Gasteiger partial charge in [-0.1, -0.05) is 35.8 Å². The highest BCUT2D eigenvalue weighted by atomic mass is 16.5. The molecule has 0 radical (unpaired) electrons. The Kier molecular flexibility index (Phi) is 8.80. The number of piperidine rings is 1. The molecule has 42 heavy (non-hydrogen) atoms. The number of methoxy groups -OCH3 is 1. The Bertz CT molecular complexity index is 1440. The van der Waals surface area contributed by atoms with Gasteiger partial charge in [-0.05, 0) is 63.8 Å². The second-order valence-corrected chi connectivity index (χ2v) is 11.1. The summed E-state index contributed by atoms with van der Waals surface area (Å²) in [4.78, 5) is 42.1. The van der Waals surface area contributed by atoms with Crippen molar-refractivity contribution in [2.75, 3.05) is 33.4 Å². The van der Waals surface area contributed by atoms with Crippen molar-refractivity contribution in [3.8, 4) is 22.8 Å². The molecule has 2 aliphatic heterocycles. The van der Waals surface area contributed by atoms with Gasteiger partial charge in [0.2, 0.25) is 5.91 Å². The number of amides is 3. The molecule has 5 rings (SSSR count). The number of aromatic nitrogens is 1. The number of nitrogens with one attached hydrogen (secondary N) is 2. The molecule has 3 amide bonds. The van der Waals surface area contributed by atoms with Crippen molar-refractivity contribution in [2.45, 2.75) is 52.0 Å². The molecule has 1 aromatic heterocycles. The maximum absolute atomic E-state index is 13.8. The van der Waals surface area contributed by atoms with Crippen LogP contribution >= 0.6 is 0 Å². The lowest BCUT2D eigenvalue weighted by atomic mass is 9.73.